The van der Waals surface area contributed by atoms with Gasteiger partial charge in [0.05, 0.1) is 5.75 Å². The van der Waals surface area contributed by atoms with Crippen LogP contribution in [0.25, 0.3) is 0 Å². The molecule has 0 aliphatic rings. The topological polar surface area (TPSA) is 111 Å². The van der Waals surface area contributed by atoms with Crippen molar-refractivity contribution in [2.45, 2.75) is 26.4 Å². The number of carbonyl (C=O) groups excluding carboxylic acids is 1. The molecule has 0 bridgehead atoms. The van der Waals surface area contributed by atoms with E-state index in [4.69, 9.17) is 9.88 Å². The third-order valence-corrected chi connectivity index (χ3v) is 2.31. The van der Waals surface area contributed by atoms with Crippen LogP contribution < -0.4 is 15.8 Å². The Morgan fingerprint density at radius 1 is 1.24 bits per heavy atom. The molecule has 0 rings (SSSR count). The van der Waals surface area contributed by atoms with Gasteiger partial charge in [-0.1, -0.05) is 0 Å². The van der Waals surface area contributed by atoms with E-state index >= 15 is 0 Å². The first-order valence-corrected chi connectivity index (χ1v) is 7.00. The molecule has 0 aromatic carbocycles. The van der Waals surface area contributed by atoms with Crippen molar-refractivity contribution >= 4 is 16.1 Å². The van der Waals surface area contributed by atoms with E-state index in [0.717, 1.165) is 0 Å². The van der Waals surface area contributed by atoms with Crippen molar-refractivity contribution in [2.75, 3.05) is 25.4 Å². The highest BCUT2D eigenvalue weighted by Crippen LogP contribution is 2.05. The third kappa shape index (κ3) is 13.1. The van der Waals surface area contributed by atoms with E-state index in [1.165, 1.54) is 0 Å². The van der Waals surface area contributed by atoms with Gasteiger partial charge in [0.2, 0.25) is 10.0 Å². The van der Waals surface area contributed by atoms with Gasteiger partial charge in [-0.3, -0.25) is 0 Å². The minimum absolute atomic E-state index is 0.126. The van der Waals surface area contributed by atoms with Crippen LogP contribution in [0.4, 0.5) is 4.79 Å². The number of rotatable bonds is 6. The standard InChI is InChI=1S/C9H21N3O4S/c1-9(2,3)16-8(13)12-5-4-11-6-7-17(10,14)15/h11H,4-7H2,1-3H3,(H,12,13)(H2,10,14,15). The molecular weight excluding hydrogens is 246 g/mol. The van der Waals surface area contributed by atoms with Crippen molar-refractivity contribution in [3.05, 3.63) is 0 Å². The van der Waals surface area contributed by atoms with Gasteiger partial charge in [0.1, 0.15) is 5.60 Å². The number of amides is 1. The van der Waals surface area contributed by atoms with Crippen LogP contribution in [0.15, 0.2) is 0 Å². The first kappa shape index (κ1) is 16.1. The number of hydrogen-bond donors (Lipinski definition) is 3. The Morgan fingerprint density at radius 2 is 1.82 bits per heavy atom. The zero-order valence-corrected chi connectivity index (χ0v) is 11.3. The summed E-state index contributed by atoms with van der Waals surface area (Å²) in [6, 6.07) is 0. The van der Waals surface area contributed by atoms with Gasteiger partial charge in [-0.2, -0.15) is 0 Å². The van der Waals surface area contributed by atoms with Gasteiger partial charge >= 0.3 is 6.09 Å². The number of nitrogens with one attached hydrogen (secondary N) is 2. The van der Waals surface area contributed by atoms with E-state index in [1.807, 2.05) is 0 Å². The summed E-state index contributed by atoms with van der Waals surface area (Å²) < 4.78 is 26.2. The average Bonchev–Trinajstić information content (AvgIpc) is 2.06. The van der Waals surface area contributed by atoms with Crippen molar-refractivity contribution in [2.24, 2.45) is 5.14 Å². The average molecular weight is 267 g/mol. The van der Waals surface area contributed by atoms with Crippen LogP contribution in [0.1, 0.15) is 20.8 Å². The Labute approximate surface area is 102 Å². The number of ether oxygens (including phenoxy) is 1. The first-order chi connectivity index (χ1) is 7.60. The molecule has 7 nitrogen and oxygen atoms in total. The van der Waals surface area contributed by atoms with Crippen LogP contribution in [0.5, 0.6) is 0 Å². The normalized spacial score (nSPS) is 12.2. The molecule has 0 heterocycles. The molecule has 0 spiro atoms. The van der Waals surface area contributed by atoms with Gasteiger partial charge < -0.3 is 15.4 Å². The molecule has 0 saturated carbocycles. The van der Waals surface area contributed by atoms with Crippen LogP contribution >= 0.6 is 0 Å². The first-order valence-electron chi connectivity index (χ1n) is 5.28. The maximum atomic E-state index is 11.2. The predicted molar refractivity (Wildman–Crippen MR) is 65.1 cm³/mol. The van der Waals surface area contributed by atoms with E-state index in [-0.39, 0.29) is 12.3 Å². The summed E-state index contributed by atoms with van der Waals surface area (Å²) in [6.45, 7) is 6.40. The molecule has 1 amide bonds. The number of carbonyl (C=O) groups is 1. The Kier molecular flexibility index (Phi) is 6.43. The van der Waals surface area contributed by atoms with Gasteiger partial charge in [0.25, 0.3) is 0 Å². The fourth-order valence-corrected chi connectivity index (χ4v) is 1.34. The zero-order chi connectivity index (χ0) is 13.5. The van der Waals surface area contributed by atoms with E-state index < -0.39 is 21.7 Å². The highest BCUT2D eigenvalue weighted by molar-refractivity contribution is 7.89. The number of nitrogens with two attached hydrogens (primary N) is 1. The van der Waals surface area contributed by atoms with Gasteiger partial charge in [0, 0.05) is 19.6 Å². The van der Waals surface area contributed by atoms with Crippen LogP contribution in [-0.2, 0) is 14.8 Å². The van der Waals surface area contributed by atoms with E-state index in [9.17, 15) is 13.2 Å². The second-order valence-electron chi connectivity index (χ2n) is 4.55. The van der Waals surface area contributed by atoms with Crippen LogP contribution in [0.3, 0.4) is 0 Å². The summed E-state index contributed by atoms with van der Waals surface area (Å²) in [5, 5.41) is 10.2. The summed E-state index contributed by atoms with van der Waals surface area (Å²) in [5.41, 5.74) is -0.523. The summed E-state index contributed by atoms with van der Waals surface area (Å²) in [6.07, 6.45) is -0.495. The van der Waals surface area contributed by atoms with Crippen molar-refractivity contribution < 1.29 is 17.9 Å². The molecule has 8 heteroatoms. The summed E-state index contributed by atoms with van der Waals surface area (Å²) in [7, 11) is -3.43. The second-order valence-corrected chi connectivity index (χ2v) is 6.28. The molecule has 0 fully saturated rings. The SMILES string of the molecule is CC(C)(C)OC(=O)NCCNCCS(N)(=O)=O. The molecule has 102 valence electrons. The molecule has 0 aliphatic carbocycles. The molecule has 0 atom stereocenters. The van der Waals surface area contributed by atoms with Crippen molar-refractivity contribution in [3.63, 3.8) is 0 Å². The van der Waals surface area contributed by atoms with Crippen molar-refractivity contribution in [1.29, 1.82) is 0 Å². The Bertz CT molecular complexity index is 335. The van der Waals surface area contributed by atoms with Crippen LogP contribution in [-0.4, -0.2) is 45.5 Å². The minimum Gasteiger partial charge on any atom is -0.444 e. The highest BCUT2D eigenvalue weighted by Gasteiger charge is 2.15. The maximum absolute atomic E-state index is 11.2. The molecule has 0 saturated heterocycles. The molecule has 0 radical (unpaired) electrons. The molecule has 4 N–H and O–H groups in total. The lowest BCUT2D eigenvalue weighted by molar-refractivity contribution is 0.0528. The Hall–Kier alpha value is -0.860. The van der Waals surface area contributed by atoms with E-state index in [2.05, 4.69) is 10.6 Å². The minimum atomic E-state index is -3.43. The molecule has 0 aromatic rings. The fraction of sp³-hybridized carbons (Fsp3) is 0.889. The third-order valence-electron chi connectivity index (χ3n) is 1.53. The molecule has 17 heavy (non-hydrogen) atoms. The van der Waals surface area contributed by atoms with Gasteiger partial charge in [0.15, 0.2) is 0 Å². The summed E-state index contributed by atoms with van der Waals surface area (Å²) in [4.78, 5) is 11.2. The predicted octanol–water partition coefficient (Wildman–Crippen LogP) is -0.611. The number of alkyl carbamates (subject to hydrolysis) is 1. The maximum Gasteiger partial charge on any atom is 0.407 e. The number of sulfonamides is 1. The van der Waals surface area contributed by atoms with Gasteiger partial charge in [-0.15, -0.1) is 0 Å². The largest absolute Gasteiger partial charge is 0.444 e. The van der Waals surface area contributed by atoms with E-state index in [1.54, 1.807) is 20.8 Å². The number of hydrogen-bond acceptors (Lipinski definition) is 5. The lowest BCUT2D eigenvalue weighted by Gasteiger charge is -2.19. The van der Waals surface area contributed by atoms with Crippen molar-refractivity contribution in [1.82, 2.24) is 10.6 Å². The molecule has 0 aliphatic heterocycles. The Morgan fingerprint density at radius 3 is 2.29 bits per heavy atom. The second kappa shape index (κ2) is 6.77. The van der Waals surface area contributed by atoms with Gasteiger partial charge in [-0.25, -0.2) is 18.4 Å². The number of primary sulfonamides is 1. The molecule has 0 unspecified atom stereocenters. The molecule has 0 aromatic heterocycles. The lowest BCUT2D eigenvalue weighted by atomic mass is 10.2. The monoisotopic (exact) mass is 267 g/mol. The van der Waals surface area contributed by atoms with Crippen molar-refractivity contribution in [3.8, 4) is 0 Å². The lowest BCUT2D eigenvalue weighted by Crippen LogP contribution is -2.37. The fourth-order valence-electron chi connectivity index (χ4n) is 0.907. The smallest absolute Gasteiger partial charge is 0.407 e. The summed E-state index contributed by atoms with van der Waals surface area (Å²) in [5.74, 6) is -0.126. The van der Waals surface area contributed by atoms with Crippen LogP contribution in [0.2, 0.25) is 0 Å². The van der Waals surface area contributed by atoms with Gasteiger partial charge in [-0.05, 0) is 20.8 Å². The highest BCUT2D eigenvalue weighted by atomic mass is 32.2. The molecular formula is C9H21N3O4S. The zero-order valence-electron chi connectivity index (χ0n) is 10.4. The van der Waals surface area contributed by atoms with Crippen LogP contribution in [0, 0.1) is 0 Å². The quantitative estimate of drug-likeness (QED) is 0.556. The Balaban J connectivity index is 3.50. The van der Waals surface area contributed by atoms with E-state index in [0.29, 0.717) is 13.1 Å². The summed E-state index contributed by atoms with van der Waals surface area (Å²) >= 11 is 0.